The summed E-state index contributed by atoms with van der Waals surface area (Å²) in [6.45, 7) is 2.32. The van der Waals surface area contributed by atoms with Gasteiger partial charge in [0.25, 0.3) is 0 Å². The van der Waals surface area contributed by atoms with Gasteiger partial charge in [0.05, 0.1) is 7.11 Å². The number of ether oxygens (including phenoxy) is 1. The van der Waals surface area contributed by atoms with Gasteiger partial charge in [0, 0.05) is 4.90 Å². The maximum atomic E-state index is 5.57. The number of methoxy groups -OCH3 is 1. The predicted octanol–water partition coefficient (Wildman–Crippen LogP) is 2.96. The van der Waals surface area contributed by atoms with Gasteiger partial charge in [-0.15, -0.1) is 11.8 Å². The van der Waals surface area contributed by atoms with Gasteiger partial charge in [0.15, 0.2) is 0 Å². The summed E-state index contributed by atoms with van der Waals surface area (Å²) in [5, 5.41) is 3.48. The van der Waals surface area contributed by atoms with E-state index < -0.39 is 0 Å². The van der Waals surface area contributed by atoms with Crippen LogP contribution in [0.1, 0.15) is 18.4 Å². The van der Waals surface area contributed by atoms with E-state index in [0.29, 0.717) is 0 Å². The molecule has 1 unspecified atom stereocenters. The van der Waals surface area contributed by atoms with Gasteiger partial charge in [-0.1, -0.05) is 12.1 Å². The molecule has 1 saturated heterocycles. The standard InChI is InChI=1S/C14H21NOS/c1-16-14-12(6-3-7-13(14)17-2)9-11-5-4-8-15-10-11/h3,6-7,11,15H,4-5,8-10H2,1-2H3. The highest BCUT2D eigenvalue weighted by molar-refractivity contribution is 7.98. The number of rotatable bonds is 4. The van der Waals surface area contributed by atoms with Gasteiger partial charge in [0.1, 0.15) is 5.75 Å². The van der Waals surface area contributed by atoms with Crippen LogP contribution in [0.15, 0.2) is 23.1 Å². The molecule has 0 bridgehead atoms. The summed E-state index contributed by atoms with van der Waals surface area (Å²) in [5.74, 6) is 1.83. The monoisotopic (exact) mass is 251 g/mol. The van der Waals surface area contributed by atoms with Crippen LogP contribution < -0.4 is 10.1 Å². The summed E-state index contributed by atoms with van der Waals surface area (Å²) < 4.78 is 5.57. The van der Waals surface area contributed by atoms with Crippen molar-refractivity contribution in [3.8, 4) is 5.75 Å². The van der Waals surface area contributed by atoms with Crippen LogP contribution in [-0.4, -0.2) is 26.5 Å². The highest BCUT2D eigenvalue weighted by atomic mass is 32.2. The number of thioether (sulfide) groups is 1. The van der Waals surface area contributed by atoms with Gasteiger partial charge in [-0.25, -0.2) is 0 Å². The van der Waals surface area contributed by atoms with E-state index >= 15 is 0 Å². The Morgan fingerprint density at radius 2 is 2.35 bits per heavy atom. The third-order valence-corrected chi connectivity index (χ3v) is 4.15. The second-order valence-electron chi connectivity index (χ2n) is 4.57. The van der Waals surface area contributed by atoms with Gasteiger partial charge >= 0.3 is 0 Å². The number of hydrogen-bond donors (Lipinski definition) is 1. The molecule has 1 N–H and O–H groups in total. The third kappa shape index (κ3) is 3.17. The van der Waals surface area contributed by atoms with Crippen LogP contribution >= 0.6 is 11.8 Å². The number of piperidine rings is 1. The Hall–Kier alpha value is -0.670. The van der Waals surface area contributed by atoms with Gasteiger partial charge in [-0.3, -0.25) is 0 Å². The van der Waals surface area contributed by atoms with E-state index in [-0.39, 0.29) is 0 Å². The minimum atomic E-state index is 0.759. The summed E-state index contributed by atoms with van der Waals surface area (Å²) >= 11 is 1.76. The zero-order valence-electron chi connectivity index (χ0n) is 10.7. The van der Waals surface area contributed by atoms with Crippen molar-refractivity contribution >= 4 is 11.8 Å². The van der Waals surface area contributed by atoms with Gasteiger partial charge < -0.3 is 10.1 Å². The Bertz CT molecular complexity index is 361. The Labute approximate surface area is 108 Å². The van der Waals surface area contributed by atoms with E-state index in [9.17, 15) is 0 Å². The molecule has 1 aromatic carbocycles. The normalized spacial score (nSPS) is 20.2. The second-order valence-corrected chi connectivity index (χ2v) is 5.42. The molecule has 2 nitrogen and oxygen atoms in total. The molecule has 2 rings (SSSR count). The van der Waals surface area contributed by atoms with Crippen molar-refractivity contribution in [3.63, 3.8) is 0 Å². The van der Waals surface area contributed by atoms with Crippen molar-refractivity contribution < 1.29 is 4.74 Å². The second kappa shape index (κ2) is 6.31. The van der Waals surface area contributed by atoms with E-state index in [1.807, 2.05) is 0 Å². The maximum Gasteiger partial charge on any atom is 0.135 e. The molecule has 0 amide bonds. The third-order valence-electron chi connectivity index (χ3n) is 3.39. The first-order valence-corrected chi connectivity index (χ1v) is 7.48. The Balaban J connectivity index is 2.13. The van der Waals surface area contributed by atoms with Crippen LogP contribution in [0.3, 0.4) is 0 Å². The molecule has 0 spiro atoms. The Morgan fingerprint density at radius 1 is 1.47 bits per heavy atom. The van der Waals surface area contributed by atoms with Crippen LogP contribution in [-0.2, 0) is 6.42 Å². The summed E-state index contributed by atoms with van der Waals surface area (Å²) in [6, 6.07) is 6.47. The molecule has 0 aliphatic carbocycles. The van der Waals surface area contributed by atoms with Crippen molar-refractivity contribution in [2.75, 3.05) is 26.5 Å². The zero-order chi connectivity index (χ0) is 12.1. The molecule has 1 fully saturated rings. The van der Waals surface area contributed by atoms with Crippen molar-refractivity contribution in [2.45, 2.75) is 24.2 Å². The molecule has 1 atom stereocenters. The smallest absolute Gasteiger partial charge is 0.135 e. The van der Waals surface area contributed by atoms with Gasteiger partial charge in [-0.05, 0) is 56.2 Å². The first-order valence-electron chi connectivity index (χ1n) is 6.25. The molecule has 3 heteroatoms. The van der Waals surface area contributed by atoms with Crippen molar-refractivity contribution in [1.29, 1.82) is 0 Å². The number of hydrogen-bond acceptors (Lipinski definition) is 3. The molecule has 94 valence electrons. The van der Waals surface area contributed by atoms with Crippen LogP contribution in [0, 0.1) is 5.92 Å². The molecule has 1 aromatic rings. The Kier molecular flexibility index (Phi) is 4.75. The number of nitrogens with one attached hydrogen (secondary N) is 1. The lowest BCUT2D eigenvalue weighted by Gasteiger charge is -2.23. The topological polar surface area (TPSA) is 21.3 Å². The average molecular weight is 251 g/mol. The minimum Gasteiger partial charge on any atom is -0.495 e. The van der Waals surface area contributed by atoms with Crippen LogP contribution in [0.5, 0.6) is 5.75 Å². The van der Waals surface area contributed by atoms with E-state index in [4.69, 9.17) is 4.74 Å². The van der Waals surface area contributed by atoms with Crippen molar-refractivity contribution in [1.82, 2.24) is 5.32 Å². The summed E-state index contributed by atoms with van der Waals surface area (Å²) in [7, 11) is 1.78. The lowest BCUT2D eigenvalue weighted by molar-refractivity contribution is 0.361. The molecule has 1 aliphatic heterocycles. The van der Waals surface area contributed by atoms with Crippen LogP contribution in [0.4, 0.5) is 0 Å². The molecule has 17 heavy (non-hydrogen) atoms. The molecular weight excluding hydrogens is 230 g/mol. The van der Waals surface area contributed by atoms with E-state index in [2.05, 4.69) is 29.8 Å². The van der Waals surface area contributed by atoms with Crippen LogP contribution in [0.25, 0.3) is 0 Å². The van der Waals surface area contributed by atoms with E-state index in [1.165, 1.54) is 29.8 Å². The molecule has 1 aliphatic rings. The van der Waals surface area contributed by atoms with Crippen LogP contribution in [0.2, 0.25) is 0 Å². The molecule has 0 saturated carbocycles. The molecule has 0 aromatic heterocycles. The quantitative estimate of drug-likeness (QED) is 0.831. The lowest BCUT2D eigenvalue weighted by Crippen LogP contribution is -2.30. The van der Waals surface area contributed by atoms with E-state index in [0.717, 1.165) is 24.6 Å². The van der Waals surface area contributed by atoms with Crippen molar-refractivity contribution in [2.24, 2.45) is 5.92 Å². The molecular formula is C14H21NOS. The molecule has 0 radical (unpaired) electrons. The summed E-state index contributed by atoms with van der Waals surface area (Å²) in [4.78, 5) is 1.24. The number of para-hydroxylation sites is 1. The SMILES string of the molecule is COc1c(CC2CCCNC2)cccc1SC. The van der Waals surface area contributed by atoms with Crippen molar-refractivity contribution in [3.05, 3.63) is 23.8 Å². The number of benzene rings is 1. The predicted molar refractivity (Wildman–Crippen MR) is 74.1 cm³/mol. The lowest BCUT2D eigenvalue weighted by atomic mass is 9.92. The fourth-order valence-corrected chi connectivity index (χ4v) is 3.14. The van der Waals surface area contributed by atoms with E-state index in [1.54, 1.807) is 18.9 Å². The van der Waals surface area contributed by atoms with Gasteiger partial charge in [0.2, 0.25) is 0 Å². The highest BCUT2D eigenvalue weighted by Gasteiger charge is 2.16. The fourth-order valence-electron chi connectivity index (χ4n) is 2.52. The van der Waals surface area contributed by atoms with Gasteiger partial charge in [-0.2, -0.15) is 0 Å². The maximum absolute atomic E-state index is 5.57. The first-order chi connectivity index (χ1) is 8.35. The highest BCUT2D eigenvalue weighted by Crippen LogP contribution is 2.33. The fraction of sp³-hybridized carbons (Fsp3) is 0.571. The largest absolute Gasteiger partial charge is 0.495 e. The molecule has 1 heterocycles. The average Bonchev–Trinajstić information content (AvgIpc) is 2.39. The first kappa shape index (κ1) is 12.8. The zero-order valence-corrected chi connectivity index (χ0v) is 11.5. The summed E-state index contributed by atoms with van der Waals surface area (Å²) in [6.07, 6.45) is 5.86. The Morgan fingerprint density at radius 3 is 3.00 bits per heavy atom. The minimum absolute atomic E-state index is 0.759. The summed E-state index contributed by atoms with van der Waals surface area (Å²) in [5.41, 5.74) is 1.35.